The van der Waals surface area contributed by atoms with Gasteiger partial charge in [-0.3, -0.25) is 4.79 Å². The van der Waals surface area contributed by atoms with Crippen molar-refractivity contribution >= 4 is 46.8 Å². The third-order valence-electron chi connectivity index (χ3n) is 5.51. The highest BCUT2D eigenvalue weighted by Crippen LogP contribution is 2.20. The summed E-state index contributed by atoms with van der Waals surface area (Å²) < 4.78 is 5.96. The average Bonchev–Trinajstić information content (AvgIpc) is 3.36. The number of nitrogens with one attached hydrogen (secondary N) is 1. The zero-order chi connectivity index (χ0) is 21.6. The van der Waals surface area contributed by atoms with Crippen molar-refractivity contribution in [2.45, 2.75) is 39.4 Å². The van der Waals surface area contributed by atoms with Crippen molar-refractivity contribution < 1.29 is 9.21 Å². The molecule has 7 heteroatoms. The monoisotopic (exact) mass is 546 g/mol. The summed E-state index contributed by atoms with van der Waals surface area (Å²) in [7, 11) is 2.02. The fourth-order valence-corrected chi connectivity index (χ4v) is 3.98. The molecular formula is C25H31IN4O2. The van der Waals surface area contributed by atoms with Gasteiger partial charge in [-0.05, 0) is 36.6 Å². The number of amides is 1. The maximum atomic E-state index is 11.9. The summed E-state index contributed by atoms with van der Waals surface area (Å²) in [4.78, 5) is 20.8. The molecule has 1 saturated heterocycles. The third kappa shape index (κ3) is 6.03. The van der Waals surface area contributed by atoms with Gasteiger partial charge in [-0.1, -0.05) is 42.5 Å². The smallest absolute Gasteiger partial charge is 0.222 e. The van der Waals surface area contributed by atoms with Crippen molar-refractivity contribution in [1.82, 2.24) is 15.1 Å². The molecule has 1 amide bonds. The van der Waals surface area contributed by atoms with Crippen LogP contribution < -0.4 is 5.32 Å². The molecule has 0 atom stereocenters. The summed E-state index contributed by atoms with van der Waals surface area (Å²) in [5, 5.41) is 4.48. The summed E-state index contributed by atoms with van der Waals surface area (Å²) in [5.41, 5.74) is 3.20. The Morgan fingerprint density at radius 2 is 1.97 bits per heavy atom. The molecule has 2 heterocycles. The van der Waals surface area contributed by atoms with Crippen LogP contribution in [0.3, 0.4) is 0 Å². The second-order valence-electron chi connectivity index (χ2n) is 8.02. The fourth-order valence-electron chi connectivity index (χ4n) is 3.98. The van der Waals surface area contributed by atoms with Crippen LogP contribution in [0.25, 0.3) is 11.0 Å². The second kappa shape index (κ2) is 11.4. The van der Waals surface area contributed by atoms with E-state index < -0.39 is 0 Å². The van der Waals surface area contributed by atoms with Crippen LogP contribution in [0.1, 0.15) is 36.7 Å². The number of hydrogen-bond acceptors (Lipinski definition) is 3. The molecule has 3 aromatic rings. The fraction of sp³-hybridized carbons (Fsp3) is 0.360. The summed E-state index contributed by atoms with van der Waals surface area (Å²) in [5.74, 6) is 2.00. The number of benzene rings is 2. The zero-order valence-electron chi connectivity index (χ0n) is 18.7. The SMILES string of the molecule is CCNC(=NCc1cccc(CN2CCCC2=O)c1)N(C)Cc1cc2ccccc2o1.I. The summed E-state index contributed by atoms with van der Waals surface area (Å²) in [6.07, 6.45) is 1.64. The number of likely N-dealkylation sites (tertiary alicyclic amines) is 1. The maximum Gasteiger partial charge on any atom is 0.222 e. The first-order valence-electron chi connectivity index (χ1n) is 10.9. The molecule has 0 radical (unpaired) electrons. The molecule has 1 aliphatic heterocycles. The Bertz CT molecular complexity index is 1050. The minimum Gasteiger partial charge on any atom is -0.459 e. The molecule has 0 spiro atoms. The Kier molecular flexibility index (Phi) is 8.55. The molecule has 170 valence electrons. The Labute approximate surface area is 206 Å². The van der Waals surface area contributed by atoms with E-state index in [2.05, 4.69) is 47.5 Å². The van der Waals surface area contributed by atoms with Crippen LogP contribution in [0, 0.1) is 0 Å². The molecule has 1 aliphatic rings. The van der Waals surface area contributed by atoms with E-state index >= 15 is 0 Å². The number of carbonyl (C=O) groups excluding carboxylic acids is 1. The van der Waals surface area contributed by atoms with E-state index in [1.807, 2.05) is 36.2 Å². The van der Waals surface area contributed by atoms with Crippen LogP contribution in [0.5, 0.6) is 0 Å². The molecule has 4 rings (SSSR count). The number of fused-ring (bicyclic) bond motifs is 1. The minimum atomic E-state index is 0. The van der Waals surface area contributed by atoms with Crippen molar-refractivity contribution in [3.63, 3.8) is 0 Å². The standard InChI is InChI=1S/C25H30N4O2.HI/c1-3-26-25(28(2)18-22-15-21-10-4-5-11-23(21)31-22)27-16-19-8-6-9-20(14-19)17-29-13-7-12-24(29)30;/h4-6,8-11,14-15H,3,7,12-13,16-18H2,1-2H3,(H,26,27);1H. The molecule has 0 bridgehead atoms. The van der Waals surface area contributed by atoms with Gasteiger partial charge in [0.05, 0.1) is 13.1 Å². The molecule has 2 aromatic carbocycles. The zero-order valence-corrected chi connectivity index (χ0v) is 21.0. The number of para-hydroxylation sites is 1. The minimum absolute atomic E-state index is 0. The van der Waals surface area contributed by atoms with Crippen molar-refractivity contribution in [3.8, 4) is 0 Å². The van der Waals surface area contributed by atoms with Gasteiger partial charge >= 0.3 is 0 Å². The molecule has 0 unspecified atom stereocenters. The van der Waals surface area contributed by atoms with Gasteiger partial charge in [-0.2, -0.15) is 0 Å². The second-order valence-corrected chi connectivity index (χ2v) is 8.02. The van der Waals surface area contributed by atoms with E-state index in [9.17, 15) is 4.79 Å². The summed E-state index contributed by atoms with van der Waals surface area (Å²) >= 11 is 0. The summed E-state index contributed by atoms with van der Waals surface area (Å²) in [6, 6.07) is 18.5. The lowest BCUT2D eigenvalue weighted by Gasteiger charge is -2.21. The number of halogens is 1. The van der Waals surface area contributed by atoms with Crippen molar-refractivity contribution in [1.29, 1.82) is 0 Å². The van der Waals surface area contributed by atoms with Crippen molar-refractivity contribution in [2.75, 3.05) is 20.1 Å². The van der Waals surface area contributed by atoms with Gasteiger partial charge in [-0.15, -0.1) is 24.0 Å². The van der Waals surface area contributed by atoms with Crippen LogP contribution in [0.2, 0.25) is 0 Å². The van der Waals surface area contributed by atoms with Crippen LogP contribution >= 0.6 is 24.0 Å². The molecule has 1 aromatic heterocycles. The van der Waals surface area contributed by atoms with Gasteiger partial charge in [-0.25, -0.2) is 4.99 Å². The number of guanidine groups is 1. The third-order valence-corrected chi connectivity index (χ3v) is 5.51. The van der Waals surface area contributed by atoms with Crippen LogP contribution in [0.15, 0.2) is 64.0 Å². The quantitative estimate of drug-likeness (QED) is 0.264. The van der Waals surface area contributed by atoms with Gasteiger partial charge in [0.15, 0.2) is 5.96 Å². The van der Waals surface area contributed by atoms with Gasteiger partial charge in [0.25, 0.3) is 0 Å². The van der Waals surface area contributed by atoms with Gasteiger partial charge in [0, 0.05) is 38.5 Å². The number of hydrogen-bond donors (Lipinski definition) is 1. The molecule has 6 nitrogen and oxygen atoms in total. The lowest BCUT2D eigenvalue weighted by molar-refractivity contribution is -0.128. The predicted molar refractivity (Wildman–Crippen MR) is 139 cm³/mol. The molecule has 1 fully saturated rings. The number of aliphatic imine (C=N–C) groups is 1. The van der Waals surface area contributed by atoms with E-state index in [0.29, 0.717) is 26.1 Å². The predicted octanol–water partition coefficient (Wildman–Crippen LogP) is 4.77. The Morgan fingerprint density at radius 3 is 2.72 bits per heavy atom. The Morgan fingerprint density at radius 1 is 1.16 bits per heavy atom. The first kappa shape index (κ1) is 24.1. The first-order valence-corrected chi connectivity index (χ1v) is 10.9. The normalized spacial score (nSPS) is 14.0. The number of carbonyl (C=O) groups is 1. The Hall–Kier alpha value is -2.55. The first-order chi connectivity index (χ1) is 15.1. The van der Waals surface area contributed by atoms with Crippen molar-refractivity contribution in [3.05, 3.63) is 71.5 Å². The Balaban J connectivity index is 0.00000289. The highest BCUT2D eigenvalue weighted by Gasteiger charge is 2.20. The number of nitrogens with zero attached hydrogens (tertiary/aromatic N) is 3. The van der Waals surface area contributed by atoms with E-state index in [1.54, 1.807) is 0 Å². The largest absolute Gasteiger partial charge is 0.459 e. The summed E-state index contributed by atoms with van der Waals surface area (Å²) in [6.45, 7) is 5.62. The molecule has 0 aliphatic carbocycles. The maximum absolute atomic E-state index is 11.9. The molecule has 32 heavy (non-hydrogen) atoms. The van der Waals surface area contributed by atoms with E-state index in [4.69, 9.17) is 9.41 Å². The average molecular weight is 546 g/mol. The highest BCUT2D eigenvalue weighted by atomic mass is 127. The highest BCUT2D eigenvalue weighted by molar-refractivity contribution is 14.0. The number of furan rings is 1. The van der Waals surface area contributed by atoms with E-state index in [0.717, 1.165) is 53.3 Å². The topological polar surface area (TPSA) is 61.1 Å². The van der Waals surface area contributed by atoms with Gasteiger partial charge < -0.3 is 19.5 Å². The lowest BCUT2D eigenvalue weighted by atomic mass is 10.1. The lowest BCUT2D eigenvalue weighted by Crippen LogP contribution is -2.38. The number of rotatable bonds is 7. The van der Waals surface area contributed by atoms with Crippen LogP contribution in [-0.4, -0.2) is 41.8 Å². The molecule has 0 saturated carbocycles. The molecular weight excluding hydrogens is 515 g/mol. The van der Waals surface area contributed by atoms with Gasteiger partial charge in [0.1, 0.15) is 11.3 Å². The van der Waals surface area contributed by atoms with Crippen molar-refractivity contribution in [2.24, 2.45) is 4.99 Å². The van der Waals surface area contributed by atoms with Crippen LogP contribution in [-0.2, 0) is 24.4 Å². The van der Waals surface area contributed by atoms with E-state index in [-0.39, 0.29) is 29.9 Å². The molecule has 1 N–H and O–H groups in total. The van der Waals surface area contributed by atoms with Crippen LogP contribution in [0.4, 0.5) is 0 Å². The van der Waals surface area contributed by atoms with E-state index in [1.165, 1.54) is 0 Å². The van der Waals surface area contributed by atoms with Gasteiger partial charge in [0.2, 0.25) is 5.91 Å².